The van der Waals surface area contributed by atoms with Crippen LogP contribution in [0.3, 0.4) is 0 Å². The molecular weight excluding hydrogens is 244 g/mol. The molecule has 1 atom stereocenters. The lowest BCUT2D eigenvalue weighted by Gasteiger charge is -2.30. The van der Waals surface area contributed by atoms with Crippen LogP contribution in [0, 0.1) is 0 Å². The first-order valence-corrected chi connectivity index (χ1v) is 7.17. The van der Waals surface area contributed by atoms with Crippen molar-refractivity contribution in [3.05, 3.63) is 0 Å². The molecule has 0 aliphatic carbocycles. The molecule has 0 spiro atoms. The van der Waals surface area contributed by atoms with Gasteiger partial charge in [0, 0.05) is 19.6 Å². The van der Waals surface area contributed by atoms with E-state index in [0.29, 0.717) is 6.54 Å². The average molecular weight is 268 g/mol. The maximum atomic E-state index is 12.4. The zero-order chi connectivity index (χ0) is 14.0. The summed E-state index contributed by atoms with van der Waals surface area (Å²) in [6, 6.07) is -0.312. The van der Waals surface area contributed by atoms with E-state index in [1.54, 1.807) is 4.90 Å². The summed E-state index contributed by atoms with van der Waals surface area (Å²) in [5, 5.41) is 0. The third kappa shape index (κ3) is 3.39. The Hall–Kier alpha value is -1.26. The largest absolute Gasteiger partial charge is 0.444 e. The van der Waals surface area contributed by atoms with Crippen LogP contribution in [0.4, 0.5) is 4.79 Å². The van der Waals surface area contributed by atoms with Crippen LogP contribution >= 0.6 is 0 Å². The second kappa shape index (κ2) is 5.39. The molecule has 0 saturated carbocycles. The third-order valence-electron chi connectivity index (χ3n) is 3.58. The van der Waals surface area contributed by atoms with Crippen molar-refractivity contribution in [2.24, 2.45) is 0 Å². The molecule has 2 saturated heterocycles. The van der Waals surface area contributed by atoms with Crippen molar-refractivity contribution in [1.82, 2.24) is 9.80 Å². The average Bonchev–Trinajstić information content (AvgIpc) is 2.97. The van der Waals surface area contributed by atoms with E-state index in [-0.39, 0.29) is 18.0 Å². The van der Waals surface area contributed by atoms with Crippen molar-refractivity contribution >= 4 is 12.0 Å². The van der Waals surface area contributed by atoms with Crippen LogP contribution in [0.5, 0.6) is 0 Å². The predicted molar refractivity (Wildman–Crippen MR) is 71.8 cm³/mol. The Morgan fingerprint density at radius 3 is 2.26 bits per heavy atom. The van der Waals surface area contributed by atoms with Gasteiger partial charge in [-0.2, -0.15) is 0 Å². The molecular formula is C14H24N2O3. The Labute approximate surface area is 114 Å². The quantitative estimate of drug-likeness (QED) is 0.731. The molecule has 0 aromatic heterocycles. The minimum absolute atomic E-state index is 0.0980. The first kappa shape index (κ1) is 14.2. The number of ether oxygens (including phenoxy) is 1. The van der Waals surface area contributed by atoms with E-state index in [9.17, 15) is 9.59 Å². The summed E-state index contributed by atoms with van der Waals surface area (Å²) in [7, 11) is 0. The number of carbonyl (C=O) groups is 2. The second-order valence-corrected chi connectivity index (χ2v) is 6.36. The van der Waals surface area contributed by atoms with Crippen molar-refractivity contribution in [3.8, 4) is 0 Å². The first-order valence-electron chi connectivity index (χ1n) is 7.17. The fourth-order valence-corrected chi connectivity index (χ4v) is 2.71. The summed E-state index contributed by atoms with van der Waals surface area (Å²) in [5.41, 5.74) is -0.513. The molecule has 2 aliphatic heterocycles. The Morgan fingerprint density at radius 2 is 1.68 bits per heavy atom. The molecule has 0 aromatic carbocycles. The number of hydrogen-bond donors (Lipinski definition) is 0. The lowest BCUT2D eigenvalue weighted by molar-refractivity contribution is -0.134. The molecule has 2 aliphatic rings. The normalized spacial score (nSPS) is 23.8. The lowest BCUT2D eigenvalue weighted by atomic mass is 10.2. The van der Waals surface area contributed by atoms with Gasteiger partial charge in [-0.25, -0.2) is 4.79 Å². The van der Waals surface area contributed by atoms with Gasteiger partial charge >= 0.3 is 6.09 Å². The zero-order valence-corrected chi connectivity index (χ0v) is 12.1. The SMILES string of the molecule is CC(C)(C)OC(=O)N1CCCC1C(=O)N1CCCC1. The van der Waals surface area contributed by atoms with Gasteiger partial charge in [0.05, 0.1) is 0 Å². The zero-order valence-electron chi connectivity index (χ0n) is 12.1. The minimum Gasteiger partial charge on any atom is -0.444 e. The monoisotopic (exact) mass is 268 g/mol. The number of likely N-dealkylation sites (tertiary alicyclic amines) is 2. The predicted octanol–water partition coefficient (Wildman–Crippen LogP) is 2.01. The third-order valence-corrected chi connectivity index (χ3v) is 3.58. The lowest BCUT2D eigenvalue weighted by Crippen LogP contribution is -2.48. The standard InChI is InChI=1S/C14H24N2O3/c1-14(2,3)19-13(18)16-10-6-7-11(16)12(17)15-8-4-5-9-15/h11H,4-10H2,1-3H3. The van der Waals surface area contributed by atoms with Crippen LogP contribution in [0.25, 0.3) is 0 Å². The first-order chi connectivity index (χ1) is 8.88. The van der Waals surface area contributed by atoms with E-state index < -0.39 is 5.60 Å². The Morgan fingerprint density at radius 1 is 1.05 bits per heavy atom. The molecule has 19 heavy (non-hydrogen) atoms. The van der Waals surface area contributed by atoms with Crippen molar-refractivity contribution < 1.29 is 14.3 Å². The summed E-state index contributed by atoms with van der Waals surface area (Å²) in [5.74, 6) is 0.0980. The van der Waals surface area contributed by atoms with Crippen LogP contribution < -0.4 is 0 Å². The molecule has 5 nitrogen and oxygen atoms in total. The van der Waals surface area contributed by atoms with Crippen molar-refractivity contribution in [2.45, 2.75) is 58.1 Å². The maximum Gasteiger partial charge on any atom is 0.410 e. The molecule has 0 bridgehead atoms. The molecule has 2 heterocycles. The summed E-state index contributed by atoms with van der Waals surface area (Å²) >= 11 is 0. The van der Waals surface area contributed by atoms with E-state index in [1.807, 2.05) is 25.7 Å². The molecule has 0 radical (unpaired) electrons. The van der Waals surface area contributed by atoms with E-state index >= 15 is 0 Å². The van der Waals surface area contributed by atoms with E-state index in [4.69, 9.17) is 4.74 Å². The fraction of sp³-hybridized carbons (Fsp3) is 0.857. The van der Waals surface area contributed by atoms with Gasteiger partial charge in [0.2, 0.25) is 5.91 Å². The van der Waals surface area contributed by atoms with E-state index in [2.05, 4.69) is 0 Å². The summed E-state index contributed by atoms with van der Waals surface area (Å²) < 4.78 is 5.38. The summed E-state index contributed by atoms with van der Waals surface area (Å²) in [4.78, 5) is 28.0. The maximum absolute atomic E-state index is 12.4. The smallest absolute Gasteiger partial charge is 0.410 e. The van der Waals surface area contributed by atoms with Gasteiger partial charge in [-0.05, 0) is 46.5 Å². The molecule has 5 heteroatoms. The number of carbonyl (C=O) groups excluding carboxylic acids is 2. The molecule has 2 rings (SSSR count). The van der Waals surface area contributed by atoms with E-state index in [1.165, 1.54) is 0 Å². The number of rotatable bonds is 1. The highest BCUT2D eigenvalue weighted by atomic mass is 16.6. The highest BCUT2D eigenvalue weighted by Gasteiger charge is 2.38. The Bertz CT molecular complexity index is 356. The molecule has 2 amide bonds. The summed E-state index contributed by atoms with van der Waals surface area (Å²) in [6.07, 6.45) is 3.43. The van der Waals surface area contributed by atoms with Gasteiger partial charge < -0.3 is 9.64 Å². The van der Waals surface area contributed by atoms with Crippen molar-refractivity contribution in [1.29, 1.82) is 0 Å². The van der Waals surface area contributed by atoms with Crippen LogP contribution in [0.1, 0.15) is 46.5 Å². The topological polar surface area (TPSA) is 49.9 Å². The second-order valence-electron chi connectivity index (χ2n) is 6.36. The molecule has 1 unspecified atom stereocenters. The number of nitrogens with zero attached hydrogens (tertiary/aromatic N) is 2. The number of hydrogen-bond acceptors (Lipinski definition) is 3. The fourth-order valence-electron chi connectivity index (χ4n) is 2.71. The minimum atomic E-state index is -0.513. The van der Waals surface area contributed by atoms with Crippen molar-refractivity contribution in [2.75, 3.05) is 19.6 Å². The Balaban J connectivity index is 2.00. The van der Waals surface area contributed by atoms with Gasteiger partial charge in [0.1, 0.15) is 11.6 Å². The van der Waals surface area contributed by atoms with Crippen molar-refractivity contribution in [3.63, 3.8) is 0 Å². The highest BCUT2D eigenvalue weighted by molar-refractivity contribution is 5.86. The van der Waals surface area contributed by atoms with Crippen LogP contribution in [-0.2, 0) is 9.53 Å². The van der Waals surface area contributed by atoms with Gasteiger partial charge in [-0.3, -0.25) is 9.69 Å². The van der Waals surface area contributed by atoms with Gasteiger partial charge in [-0.1, -0.05) is 0 Å². The summed E-state index contributed by atoms with van der Waals surface area (Å²) in [6.45, 7) is 7.82. The molecule has 0 aromatic rings. The highest BCUT2D eigenvalue weighted by Crippen LogP contribution is 2.23. The van der Waals surface area contributed by atoms with Gasteiger partial charge in [0.15, 0.2) is 0 Å². The van der Waals surface area contributed by atoms with Gasteiger partial charge in [0.25, 0.3) is 0 Å². The Kier molecular flexibility index (Phi) is 4.02. The number of amides is 2. The van der Waals surface area contributed by atoms with Gasteiger partial charge in [-0.15, -0.1) is 0 Å². The van der Waals surface area contributed by atoms with Crippen LogP contribution in [0.2, 0.25) is 0 Å². The van der Waals surface area contributed by atoms with Crippen LogP contribution in [0.15, 0.2) is 0 Å². The van der Waals surface area contributed by atoms with Crippen LogP contribution in [-0.4, -0.2) is 53.1 Å². The van der Waals surface area contributed by atoms with E-state index in [0.717, 1.165) is 38.8 Å². The molecule has 2 fully saturated rings. The molecule has 108 valence electrons. The molecule has 0 N–H and O–H groups in total.